The molecule has 2 atom stereocenters. The summed E-state index contributed by atoms with van der Waals surface area (Å²) in [7, 11) is 0. The molecule has 1 aliphatic rings. The molecular formula is C17H13Br2ClO2. The Morgan fingerprint density at radius 1 is 1.18 bits per heavy atom. The first-order valence-electron chi connectivity index (χ1n) is 6.94. The summed E-state index contributed by atoms with van der Waals surface area (Å²) in [6.07, 6.45) is 1.43. The van der Waals surface area contributed by atoms with Crippen LogP contribution in [0.1, 0.15) is 22.3 Å². The summed E-state index contributed by atoms with van der Waals surface area (Å²) in [5.74, 6) is 0.602. The van der Waals surface area contributed by atoms with Gasteiger partial charge in [0.1, 0.15) is 16.7 Å². The maximum Gasteiger partial charge on any atom is 0.184 e. The van der Waals surface area contributed by atoms with Gasteiger partial charge >= 0.3 is 0 Å². The number of alkyl halides is 1. The molecule has 0 bridgehead atoms. The van der Waals surface area contributed by atoms with Crippen molar-refractivity contribution >= 4 is 49.2 Å². The van der Waals surface area contributed by atoms with E-state index in [0.29, 0.717) is 20.8 Å². The number of ketones is 1. The smallest absolute Gasteiger partial charge is 0.184 e. The van der Waals surface area contributed by atoms with Crippen molar-refractivity contribution in [1.29, 1.82) is 0 Å². The average Bonchev–Trinajstić information content (AvgIpc) is 2.51. The molecule has 22 heavy (non-hydrogen) atoms. The largest absolute Gasteiger partial charge is 0.487 e. The second kappa shape index (κ2) is 6.73. The van der Waals surface area contributed by atoms with Gasteiger partial charge in [-0.1, -0.05) is 57.9 Å². The van der Waals surface area contributed by atoms with E-state index in [4.69, 9.17) is 16.3 Å². The molecule has 0 saturated carbocycles. The molecule has 0 fully saturated rings. The van der Waals surface area contributed by atoms with E-state index in [-0.39, 0.29) is 16.7 Å². The molecule has 2 aromatic carbocycles. The van der Waals surface area contributed by atoms with Crippen LogP contribution in [0.3, 0.4) is 0 Å². The second-order valence-electron chi connectivity index (χ2n) is 5.21. The summed E-state index contributed by atoms with van der Waals surface area (Å²) in [6.45, 7) is 0. The molecule has 0 spiro atoms. The van der Waals surface area contributed by atoms with E-state index in [0.717, 1.165) is 12.8 Å². The van der Waals surface area contributed by atoms with Gasteiger partial charge in [0.15, 0.2) is 5.78 Å². The van der Waals surface area contributed by atoms with Gasteiger partial charge in [-0.2, -0.15) is 0 Å². The van der Waals surface area contributed by atoms with Crippen LogP contribution < -0.4 is 4.74 Å². The van der Waals surface area contributed by atoms with Crippen LogP contribution in [0.25, 0.3) is 0 Å². The lowest BCUT2D eigenvalue weighted by molar-refractivity contribution is 0.0861. The maximum absolute atomic E-state index is 12.5. The molecule has 2 aromatic rings. The molecule has 0 saturated heterocycles. The van der Waals surface area contributed by atoms with Crippen molar-refractivity contribution in [1.82, 2.24) is 0 Å². The molecule has 0 aromatic heterocycles. The Kier molecular flexibility index (Phi) is 4.91. The number of benzene rings is 2. The fraction of sp³-hybridized carbons (Fsp3) is 0.235. The molecule has 1 aliphatic heterocycles. The third-order valence-electron chi connectivity index (χ3n) is 3.68. The molecule has 0 radical (unpaired) electrons. The Labute approximate surface area is 151 Å². The zero-order chi connectivity index (χ0) is 15.7. The fourth-order valence-electron chi connectivity index (χ4n) is 2.55. The number of rotatable bonds is 3. The third kappa shape index (κ3) is 3.24. The Bertz CT molecular complexity index is 703. The number of ether oxygens (including phenoxy) is 1. The predicted molar refractivity (Wildman–Crippen MR) is 95.4 cm³/mol. The minimum Gasteiger partial charge on any atom is -0.487 e. The standard InChI is InChI=1S/C17H13Br2ClO2/c18-13-9-11(20)8-12-16(21)15(19)14(22-17(12)13)7-6-10-4-2-1-3-5-10/h1-5,8-9,14-15H,6-7H2/t14-,15+/m1/s1. The zero-order valence-electron chi connectivity index (χ0n) is 11.6. The van der Waals surface area contributed by atoms with Gasteiger partial charge < -0.3 is 4.74 Å². The van der Waals surface area contributed by atoms with E-state index in [1.54, 1.807) is 12.1 Å². The highest BCUT2D eigenvalue weighted by Gasteiger charge is 2.36. The van der Waals surface area contributed by atoms with Crippen LogP contribution in [-0.2, 0) is 6.42 Å². The van der Waals surface area contributed by atoms with Crippen LogP contribution in [0.15, 0.2) is 46.9 Å². The first-order valence-corrected chi connectivity index (χ1v) is 9.03. The van der Waals surface area contributed by atoms with Crippen LogP contribution >= 0.6 is 43.5 Å². The number of halogens is 3. The van der Waals surface area contributed by atoms with Gasteiger partial charge in [0.25, 0.3) is 0 Å². The van der Waals surface area contributed by atoms with E-state index in [9.17, 15) is 4.79 Å². The first kappa shape index (κ1) is 16.0. The molecule has 2 nitrogen and oxygen atoms in total. The molecule has 0 N–H and O–H groups in total. The number of hydrogen-bond acceptors (Lipinski definition) is 2. The number of fused-ring (bicyclic) bond motifs is 1. The van der Waals surface area contributed by atoms with Gasteiger partial charge in [0, 0.05) is 5.02 Å². The van der Waals surface area contributed by atoms with Crippen molar-refractivity contribution < 1.29 is 9.53 Å². The Morgan fingerprint density at radius 3 is 2.64 bits per heavy atom. The quantitative estimate of drug-likeness (QED) is 0.589. The fourth-order valence-corrected chi connectivity index (χ4v) is 4.07. The highest BCUT2D eigenvalue weighted by molar-refractivity contribution is 9.10. The van der Waals surface area contributed by atoms with Crippen molar-refractivity contribution in [2.45, 2.75) is 23.8 Å². The summed E-state index contributed by atoms with van der Waals surface area (Å²) in [6, 6.07) is 13.6. The number of carbonyl (C=O) groups is 1. The zero-order valence-corrected chi connectivity index (χ0v) is 15.5. The van der Waals surface area contributed by atoms with Gasteiger partial charge in [0.05, 0.1) is 10.0 Å². The number of Topliss-reactive ketones (excluding diaryl/α,β-unsaturated/α-hetero) is 1. The Hall–Kier alpha value is -0.840. The summed E-state index contributed by atoms with van der Waals surface area (Å²) in [5.41, 5.74) is 1.76. The molecule has 5 heteroatoms. The van der Waals surface area contributed by atoms with Gasteiger partial charge in [-0.3, -0.25) is 4.79 Å². The van der Waals surface area contributed by atoms with Gasteiger partial charge in [-0.05, 0) is 46.5 Å². The predicted octanol–water partition coefficient (Wildman–Crippen LogP) is 5.44. The second-order valence-corrected chi connectivity index (χ2v) is 7.49. The maximum atomic E-state index is 12.5. The van der Waals surface area contributed by atoms with Crippen LogP contribution in [0, 0.1) is 0 Å². The lowest BCUT2D eigenvalue weighted by atomic mass is 9.96. The lowest BCUT2D eigenvalue weighted by Crippen LogP contribution is -2.39. The van der Waals surface area contributed by atoms with Gasteiger partial charge in [-0.25, -0.2) is 0 Å². The highest BCUT2D eigenvalue weighted by Crippen LogP contribution is 2.39. The van der Waals surface area contributed by atoms with Gasteiger partial charge in [0.2, 0.25) is 0 Å². The average molecular weight is 445 g/mol. The minimum absolute atomic E-state index is 0.0162. The summed E-state index contributed by atoms with van der Waals surface area (Å²) in [4.78, 5) is 12.2. The number of carbonyl (C=O) groups excluding carboxylic acids is 1. The number of hydrogen-bond donors (Lipinski definition) is 0. The van der Waals surface area contributed by atoms with Crippen LogP contribution in [-0.4, -0.2) is 16.7 Å². The summed E-state index contributed by atoms with van der Waals surface area (Å²) >= 11 is 12.9. The van der Waals surface area contributed by atoms with Crippen LogP contribution in [0.2, 0.25) is 5.02 Å². The topological polar surface area (TPSA) is 26.3 Å². The number of aryl methyl sites for hydroxylation is 1. The molecule has 114 valence electrons. The minimum atomic E-state index is -0.353. The third-order valence-corrected chi connectivity index (χ3v) is 5.49. The molecule has 0 aliphatic carbocycles. The van der Waals surface area contributed by atoms with E-state index in [1.807, 2.05) is 18.2 Å². The van der Waals surface area contributed by atoms with Crippen LogP contribution in [0.5, 0.6) is 5.75 Å². The van der Waals surface area contributed by atoms with Crippen LogP contribution in [0.4, 0.5) is 0 Å². The SMILES string of the molecule is O=C1c2cc(Cl)cc(Br)c2O[C@H](CCc2ccccc2)[C@@H]1Br. The van der Waals surface area contributed by atoms with Crippen molar-refractivity contribution in [2.24, 2.45) is 0 Å². The van der Waals surface area contributed by atoms with Gasteiger partial charge in [-0.15, -0.1) is 0 Å². The monoisotopic (exact) mass is 442 g/mol. The first-order chi connectivity index (χ1) is 10.6. The lowest BCUT2D eigenvalue weighted by Gasteiger charge is -2.30. The molecule has 3 rings (SSSR count). The molecule has 0 amide bonds. The molecule has 1 heterocycles. The summed E-state index contributed by atoms with van der Waals surface area (Å²) < 4.78 is 6.76. The van der Waals surface area contributed by atoms with Crippen molar-refractivity contribution in [2.75, 3.05) is 0 Å². The van der Waals surface area contributed by atoms with E-state index < -0.39 is 0 Å². The van der Waals surface area contributed by atoms with Crippen molar-refractivity contribution in [3.8, 4) is 5.75 Å². The Morgan fingerprint density at radius 2 is 1.91 bits per heavy atom. The highest BCUT2D eigenvalue weighted by atomic mass is 79.9. The molecule has 0 unspecified atom stereocenters. The molecular weight excluding hydrogens is 431 g/mol. The van der Waals surface area contributed by atoms with E-state index in [1.165, 1.54) is 5.56 Å². The van der Waals surface area contributed by atoms with Crippen molar-refractivity contribution in [3.05, 3.63) is 63.1 Å². The normalized spacial score (nSPS) is 20.4. The van der Waals surface area contributed by atoms with E-state index >= 15 is 0 Å². The summed E-state index contributed by atoms with van der Waals surface area (Å²) in [5, 5.41) is 0.519. The van der Waals surface area contributed by atoms with Crippen molar-refractivity contribution in [3.63, 3.8) is 0 Å². The Balaban J connectivity index is 1.81. The van der Waals surface area contributed by atoms with E-state index in [2.05, 4.69) is 44.0 Å².